The minimum absolute atomic E-state index is 0.0539. The second-order valence-corrected chi connectivity index (χ2v) is 10.3. The van der Waals surface area contributed by atoms with E-state index in [4.69, 9.17) is 9.47 Å². The number of hydrogen-bond donors (Lipinski definition) is 0. The topological polar surface area (TPSA) is 59.8 Å². The summed E-state index contributed by atoms with van der Waals surface area (Å²) in [6.07, 6.45) is 5.74. The van der Waals surface area contributed by atoms with Crippen LogP contribution in [-0.4, -0.2) is 60.3 Å². The number of ether oxygens (including phenoxy) is 2. The molecule has 1 aliphatic heterocycles. The Bertz CT molecular complexity index is 1340. The first-order valence-corrected chi connectivity index (χ1v) is 13.1. The van der Waals surface area contributed by atoms with Crippen molar-refractivity contribution in [2.45, 2.75) is 51.9 Å². The van der Waals surface area contributed by atoms with Gasteiger partial charge in [0.05, 0.1) is 23.2 Å². The molecule has 0 N–H and O–H groups in total. The van der Waals surface area contributed by atoms with E-state index < -0.39 is 6.61 Å². The Morgan fingerprint density at radius 2 is 1.95 bits per heavy atom. The lowest BCUT2D eigenvalue weighted by Crippen LogP contribution is -2.40. The van der Waals surface area contributed by atoms with Gasteiger partial charge in [-0.2, -0.15) is 8.78 Å². The van der Waals surface area contributed by atoms with Crippen molar-refractivity contribution in [1.82, 2.24) is 14.5 Å². The minimum atomic E-state index is -3.04. The first kappa shape index (κ1) is 26.2. The number of aryl methyl sites for hydroxylation is 1. The maximum atomic E-state index is 13.6. The zero-order valence-electron chi connectivity index (χ0n) is 22.1. The van der Waals surface area contributed by atoms with Gasteiger partial charge >= 0.3 is 6.61 Å². The Balaban J connectivity index is 1.48. The molecule has 3 aromatic rings. The zero-order valence-corrected chi connectivity index (χ0v) is 22.1. The number of methoxy groups -OCH3 is 1. The van der Waals surface area contributed by atoms with Crippen LogP contribution in [0.5, 0.6) is 5.75 Å². The van der Waals surface area contributed by atoms with Crippen LogP contribution in [0.3, 0.4) is 0 Å². The quantitative estimate of drug-likeness (QED) is 0.359. The number of alkyl halides is 2. The number of benzene rings is 1. The fourth-order valence-corrected chi connectivity index (χ4v) is 5.34. The van der Waals surface area contributed by atoms with E-state index in [-0.39, 0.29) is 17.8 Å². The monoisotopic (exact) mass is 524 g/mol. The minimum Gasteiger partial charge on any atom is -0.433 e. The number of carbonyl (C=O) groups is 1. The van der Waals surface area contributed by atoms with Crippen molar-refractivity contribution < 1.29 is 23.0 Å². The highest BCUT2D eigenvalue weighted by atomic mass is 19.3. The van der Waals surface area contributed by atoms with Crippen LogP contribution in [0.15, 0.2) is 43.1 Å². The van der Waals surface area contributed by atoms with Crippen molar-refractivity contribution in [1.29, 1.82) is 0 Å². The SMILES string of the molecule is C=C(c1cc2cccnc2n1CC1CC1)N(C)c1c(C)cc(C(=O)N2CCC(OC)CC2)cc1OC(F)F. The molecule has 7 nitrogen and oxygen atoms in total. The standard InChI is InChI=1S/C29H34F2N4O3/c1-18-14-22(28(36)34-12-9-23(37-4)10-13-34)16-25(38-29(30)31)26(18)33(3)19(2)24-15-21-6-5-11-32-27(21)35(24)17-20-7-8-20/h5-6,11,14-16,20,23,29H,2,7-10,12-13,17H2,1,3-4H3. The summed E-state index contributed by atoms with van der Waals surface area (Å²) >= 11 is 0. The molecule has 0 radical (unpaired) electrons. The van der Waals surface area contributed by atoms with Crippen LogP contribution >= 0.6 is 0 Å². The van der Waals surface area contributed by atoms with Crippen LogP contribution in [0.1, 0.15) is 47.3 Å². The molecule has 1 amide bonds. The summed E-state index contributed by atoms with van der Waals surface area (Å²) in [6, 6.07) is 9.10. The second-order valence-electron chi connectivity index (χ2n) is 10.3. The average Bonchev–Trinajstić information content (AvgIpc) is 3.66. The lowest BCUT2D eigenvalue weighted by molar-refractivity contribution is -0.0495. The Hall–Kier alpha value is -3.46. The maximum absolute atomic E-state index is 13.6. The Morgan fingerprint density at radius 3 is 2.61 bits per heavy atom. The van der Waals surface area contributed by atoms with Gasteiger partial charge in [0, 0.05) is 50.9 Å². The number of pyridine rings is 1. The molecular formula is C29H34F2N4O3. The molecule has 1 aliphatic carbocycles. The van der Waals surface area contributed by atoms with Crippen molar-refractivity contribution in [2.24, 2.45) is 5.92 Å². The summed E-state index contributed by atoms with van der Waals surface area (Å²) in [4.78, 5) is 21.4. The van der Waals surface area contributed by atoms with Crippen LogP contribution in [0.2, 0.25) is 0 Å². The van der Waals surface area contributed by atoms with Gasteiger partial charge in [-0.05, 0) is 74.4 Å². The normalized spacial score (nSPS) is 16.3. The van der Waals surface area contributed by atoms with E-state index in [1.54, 1.807) is 43.1 Å². The molecule has 3 heterocycles. The number of carbonyl (C=O) groups excluding carboxylic acids is 1. The number of anilines is 1. The number of aromatic nitrogens is 2. The lowest BCUT2D eigenvalue weighted by Gasteiger charge is -2.32. The summed E-state index contributed by atoms with van der Waals surface area (Å²) in [6.45, 7) is 5.04. The third kappa shape index (κ3) is 5.25. The molecule has 2 fully saturated rings. The number of nitrogens with zero attached hydrogens (tertiary/aromatic N) is 4. The van der Waals surface area contributed by atoms with Crippen molar-refractivity contribution in [3.05, 3.63) is 59.9 Å². The molecule has 0 spiro atoms. The first-order chi connectivity index (χ1) is 18.3. The van der Waals surface area contributed by atoms with Gasteiger partial charge in [0.2, 0.25) is 0 Å². The molecule has 0 atom stereocenters. The van der Waals surface area contributed by atoms with Crippen molar-refractivity contribution >= 4 is 28.3 Å². The van der Waals surface area contributed by atoms with Gasteiger partial charge in [-0.1, -0.05) is 6.58 Å². The highest BCUT2D eigenvalue weighted by molar-refractivity contribution is 5.97. The first-order valence-electron chi connectivity index (χ1n) is 13.1. The molecule has 2 aliphatic rings. The smallest absolute Gasteiger partial charge is 0.387 e. The Kier molecular flexibility index (Phi) is 7.38. The molecule has 0 bridgehead atoms. The second kappa shape index (κ2) is 10.7. The van der Waals surface area contributed by atoms with E-state index >= 15 is 0 Å². The predicted octanol–water partition coefficient (Wildman–Crippen LogP) is 5.71. The van der Waals surface area contributed by atoms with Gasteiger partial charge < -0.3 is 23.8 Å². The van der Waals surface area contributed by atoms with Gasteiger partial charge in [0.15, 0.2) is 5.75 Å². The van der Waals surface area contributed by atoms with Gasteiger partial charge in [0.25, 0.3) is 5.91 Å². The fourth-order valence-electron chi connectivity index (χ4n) is 5.34. The highest BCUT2D eigenvalue weighted by Crippen LogP contribution is 2.40. The summed E-state index contributed by atoms with van der Waals surface area (Å²) in [5, 5.41) is 0.997. The molecule has 38 heavy (non-hydrogen) atoms. The van der Waals surface area contributed by atoms with Gasteiger partial charge in [-0.15, -0.1) is 0 Å². The van der Waals surface area contributed by atoms with Crippen molar-refractivity contribution in [3.8, 4) is 5.75 Å². The van der Waals surface area contributed by atoms with E-state index in [9.17, 15) is 13.6 Å². The van der Waals surface area contributed by atoms with E-state index in [0.717, 1.165) is 36.1 Å². The van der Waals surface area contributed by atoms with Crippen molar-refractivity contribution in [3.63, 3.8) is 0 Å². The van der Waals surface area contributed by atoms with Gasteiger partial charge in [-0.3, -0.25) is 4.79 Å². The number of rotatable bonds is 9. The van der Waals surface area contributed by atoms with E-state index in [1.807, 2.05) is 18.2 Å². The highest BCUT2D eigenvalue weighted by Gasteiger charge is 2.28. The third-order valence-corrected chi connectivity index (χ3v) is 7.62. The molecule has 5 rings (SSSR count). The molecule has 1 saturated heterocycles. The lowest BCUT2D eigenvalue weighted by atomic mass is 10.0. The number of amides is 1. The maximum Gasteiger partial charge on any atom is 0.387 e. The summed E-state index contributed by atoms with van der Waals surface area (Å²) in [5.74, 6) is 0.343. The molecule has 0 unspecified atom stereocenters. The van der Waals surface area contributed by atoms with Crippen LogP contribution < -0.4 is 9.64 Å². The third-order valence-electron chi connectivity index (χ3n) is 7.62. The van der Waals surface area contributed by atoms with Gasteiger partial charge in [0.1, 0.15) is 5.65 Å². The van der Waals surface area contributed by atoms with Gasteiger partial charge in [-0.25, -0.2) is 4.98 Å². The fraction of sp³-hybridized carbons (Fsp3) is 0.448. The molecule has 1 aromatic carbocycles. The van der Waals surface area contributed by atoms with Crippen LogP contribution in [0.25, 0.3) is 16.7 Å². The van der Waals surface area contributed by atoms with Crippen LogP contribution in [-0.2, 0) is 11.3 Å². The van der Waals surface area contributed by atoms with Crippen LogP contribution in [0.4, 0.5) is 14.5 Å². The number of likely N-dealkylation sites (tertiary alicyclic amines) is 1. The van der Waals surface area contributed by atoms with E-state index in [0.29, 0.717) is 41.5 Å². The average molecular weight is 525 g/mol. The summed E-state index contributed by atoms with van der Waals surface area (Å²) < 4.78 is 39.7. The van der Waals surface area contributed by atoms with E-state index in [1.165, 1.54) is 18.9 Å². The molecule has 9 heteroatoms. The van der Waals surface area contributed by atoms with Crippen LogP contribution in [0, 0.1) is 12.8 Å². The Labute approximate surface area is 221 Å². The number of fused-ring (bicyclic) bond motifs is 1. The largest absolute Gasteiger partial charge is 0.433 e. The summed E-state index contributed by atoms with van der Waals surface area (Å²) in [5.41, 5.74) is 3.79. The van der Waals surface area contributed by atoms with Crippen molar-refractivity contribution in [2.75, 3.05) is 32.1 Å². The molecule has 2 aromatic heterocycles. The Morgan fingerprint density at radius 1 is 1.21 bits per heavy atom. The number of halogens is 2. The summed E-state index contributed by atoms with van der Waals surface area (Å²) in [7, 11) is 3.46. The van der Waals surface area contributed by atoms with E-state index in [2.05, 4.69) is 16.1 Å². The molecular weight excluding hydrogens is 490 g/mol. The molecule has 1 saturated carbocycles. The molecule has 202 valence electrons. The number of piperidine rings is 1. The predicted molar refractivity (Wildman–Crippen MR) is 144 cm³/mol. The number of hydrogen-bond acceptors (Lipinski definition) is 5. The zero-order chi connectivity index (χ0) is 27.0.